The monoisotopic (exact) mass is 989 g/mol. The van der Waals surface area contributed by atoms with Crippen LogP contribution >= 0.6 is 0 Å². The van der Waals surface area contributed by atoms with Gasteiger partial charge in [0.15, 0.2) is 6.10 Å². The molecule has 0 aliphatic heterocycles. The average molecular weight is 990 g/mol. The summed E-state index contributed by atoms with van der Waals surface area (Å²) in [4.78, 5) is 38.3. The summed E-state index contributed by atoms with van der Waals surface area (Å²) < 4.78 is 17.0. The van der Waals surface area contributed by atoms with Gasteiger partial charge in [0.25, 0.3) is 0 Å². The number of carbonyl (C=O) groups is 3. The molecule has 0 aliphatic rings. The molecule has 0 spiro atoms. The Morgan fingerprint density at radius 2 is 0.471 bits per heavy atom. The molecule has 0 bridgehead atoms. The molecule has 0 amide bonds. The van der Waals surface area contributed by atoms with Crippen LogP contribution in [-0.4, -0.2) is 37.2 Å². The van der Waals surface area contributed by atoms with Crippen LogP contribution in [0.3, 0.4) is 0 Å². The molecule has 0 N–H and O–H groups in total. The Balaban J connectivity index is 4.28. The van der Waals surface area contributed by atoms with Gasteiger partial charge in [0.1, 0.15) is 13.2 Å². The van der Waals surface area contributed by atoms with E-state index in [0.29, 0.717) is 19.3 Å². The third-order valence-corrected chi connectivity index (χ3v) is 14.8. The van der Waals surface area contributed by atoms with Crippen molar-refractivity contribution in [2.45, 2.75) is 374 Å². The van der Waals surface area contributed by atoms with E-state index in [1.54, 1.807) is 0 Å². The zero-order valence-electron chi connectivity index (χ0n) is 48.0. The zero-order valence-corrected chi connectivity index (χ0v) is 48.0. The minimum Gasteiger partial charge on any atom is -0.462 e. The molecular formula is C64H124O6. The Labute approximate surface area is 438 Å². The Kier molecular flexibility index (Phi) is 57.0. The Morgan fingerprint density at radius 1 is 0.271 bits per heavy atom. The smallest absolute Gasteiger partial charge is 0.306 e. The summed E-state index contributed by atoms with van der Waals surface area (Å²) in [6.07, 6.45) is 65.3. The highest BCUT2D eigenvalue weighted by molar-refractivity contribution is 5.71. The molecule has 0 aliphatic carbocycles. The second-order valence-electron chi connectivity index (χ2n) is 22.5. The number of esters is 3. The van der Waals surface area contributed by atoms with Crippen molar-refractivity contribution in [3.8, 4) is 0 Å². The largest absolute Gasteiger partial charge is 0.462 e. The third kappa shape index (κ3) is 57.3. The standard InChI is InChI=1S/C64H124O6/c1-5-7-9-11-13-15-17-19-21-23-24-26-27-31-35-39-43-47-51-55-62(65)68-58-61(59-69-63(66)56-52-48-44-40-36-33-29-30-34-38-42-46-50-54-60(3)4)70-64(67)57-53-49-45-41-37-32-28-25-22-20-18-16-14-12-10-8-6-2/h60-61H,5-59H2,1-4H3/t61-/m0/s1. The molecule has 0 fully saturated rings. The number of hydrogen-bond donors (Lipinski definition) is 0. The lowest BCUT2D eigenvalue weighted by molar-refractivity contribution is -0.167. The highest BCUT2D eigenvalue weighted by atomic mass is 16.6. The fourth-order valence-corrected chi connectivity index (χ4v) is 9.99. The van der Waals surface area contributed by atoms with Crippen molar-refractivity contribution in [3.63, 3.8) is 0 Å². The lowest BCUT2D eigenvalue weighted by atomic mass is 10.0. The van der Waals surface area contributed by atoms with Gasteiger partial charge < -0.3 is 14.2 Å². The predicted octanol–water partition coefficient (Wildman–Crippen LogP) is 21.4. The molecule has 70 heavy (non-hydrogen) atoms. The van der Waals surface area contributed by atoms with Crippen molar-refractivity contribution < 1.29 is 28.6 Å². The highest BCUT2D eigenvalue weighted by Crippen LogP contribution is 2.19. The molecule has 0 aromatic rings. The maximum absolute atomic E-state index is 12.9. The van der Waals surface area contributed by atoms with Gasteiger partial charge in [-0.3, -0.25) is 14.4 Å². The topological polar surface area (TPSA) is 78.9 Å². The van der Waals surface area contributed by atoms with Crippen LogP contribution in [0.4, 0.5) is 0 Å². The van der Waals surface area contributed by atoms with Crippen molar-refractivity contribution in [1.29, 1.82) is 0 Å². The van der Waals surface area contributed by atoms with Crippen molar-refractivity contribution in [3.05, 3.63) is 0 Å². The van der Waals surface area contributed by atoms with Crippen molar-refractivity contribution in [1.82, 2.24) is 0 Å². The van der Waals surface area contributed by atoms with E-state index < -0.39 is 6.10 Å². The maximum Gasteiger partial charge on any atom is 0.306 e. The van der Waals surface area contributed by atoms with Crippen molar-refractivity contribution >= 4 is 17.9 Å². The van der Waals surface area contributed by atoms with E-state index in [2.05, 4.69) is 27.7 Å². The summed E-state index contributed by atoms with van der Waals surface area (Å²) in [5.41, 5.74) is 0. The Bertz CT molecular complexity index is 1060. The van der Waals surface area contributed by atoms with E-state index in [0.717, 1.165) is 63.7 Å². The molecule has 6 nitrogen and oxygen atoms in total. The van der Waals surface area contributed by atoms with Crippen LogP contribution < -0.4 is 0 Å². The molecule has 1 atom stereocenters. The van der Waals surface area contributed by atoms with Gasteiger partial charge in [-0.25, -0.2) is 0 Å². The molecule has 0 aromatic heterocycles. The SMILES string of the molecule is CCCCCCCCCCCCCCCCCCCCCC(=O)OC[C@@H](COC(=O)CCCCCCCCCCCCCCCC(C)C)OC(=O)CCCCCCCCCCCCCCCCCCC. The van der Waals surface area contributed by atoms with Crippen LogP contribution in [0, 0.1) is 5.92 Å². The van der Waals surface area contributed by atoms with Crippen LogP contribution in [0.15, 0.2) is 0 Å². The third-order valence-electron chi connectivity index (χ3n) is 14.8. The predicted molar refractivity (Wildman–Crippen MR) is 303 cm³/mol. The number of hydrogen-bond acceptors (Lipinski definition) is 6. The normalized spacial score (nSPS) is 12.0. The molecule has 6 heteroatoms. The van der Waals surface area contributed by atoms with Gasteiger partial charge >= 0.3 is 17.9 Å². The number of ether oxygens (including phenoxy) is 3. The van der Waals surface area contributed by atoms with Gasteiger partial charge in [0.2, 0.25) is 0 Å². The van der Waals surface area contributed by atoms with Gasteiger partial charge in [-0.2, -0.15) is 0 Å². The minimum atomic E-state index is -0.763. The minimum absolute atomic E-state index is 0.0612. The van der Waals surface area contributed by atoms with E-state index in [1.165, 1.54) is 263 Å². The summed E-state index contributed by atoms with van der Waals surface area (Å²) in [5.74, 6) is 0.0118. The first-order valence-electron chi connectivity index (χ1n) is 31.9. The zero-order chi connectivity index (χ0) is 50.9. The van der Waals surface area contributed by atoms with Crippen molar-refractivity contribution in [2.24, 2.45) is 5.92 Å². The molecule has 0 aromatic carbocycles. The molecule has 0 rings (SSSR count). The van der Waals surface area contributed by atoms with E-state index in [9.17, 15) is 14.4 Å². The van der Waals surface area contributed by atoms with Gasteiger partial charge in [-0.05, 0) is 25.2 Å². The molecule has 0 heterocycles. The number of unbranched alkanes of at least 4 members (excludes halogenated alkanes) is 46. The van der Waals surface area contributed by atoms with Gasteiger partial charge in [-0.15, -0.1) is 0 Å². The van der Waals surface area contributed by atoms with Crippen LogP contribution in [-0.2, 0) is 28.6 Å². The summed E-state index contributed by atoms with van der Waals surface area (Å²) in [6, 6.07) is 0. The van der Waals surface area contributed by atoms with Crippen LogP contribution in [0.25, 0.3) is 0 Å². The first-order valence-corrected chi connectivity index (χ1v) is 31.9. The Hall–Kier alpha value is -1.59. The summed E-state index contributed by atoms with van der Waals surface area (Å²) >= 11 is 0. The first kappa shape index (κ1) is 68.4. The Morgan fingerprint density at radius 3 is 0.700 bits per heavy atom. The average Bonchev–Trinajstić information content (AvgIpc) is 3.35. The molecule has 0 saturated carbocycles. The van der Waals surface area contributed by atoms with Crippen molar-refractivity contribution in [2.75, 3.05) is 13.2 Å². The maximum atomic E-state index is 12.9. The summed E-state index contributed by atoms with van der Waals surface area (Å²) in [7, 11) is 0. The molecule has 0 saturated heterocycles. The fourth-order valence-electron chi connectivity index (χ4n) is 9.99. The fraction of sp³-hybridized carbons (Fsp3) is 0.953. The number of rotatable bonds is 59. The lowest BCUT2D eigenvalue weighted by Crippen LogP contribution is -2.30. The van der Waals surface area contributed by atoms with E-state index in [-0.39, 0.29) is 31.1 Å². The first-order chi connectivity index (χ1) is 34.4. The van der Waals surface area contributed by atoms with Crippen LogP contribution in [0.1, 0.15) is 368 Å². The highest BCUT2D eigenvalue weighted by Gasteiger charge is 2.19. The number of carbonyl (C=O) groups excluding carboxylic acids is 3. The van der Waals surface area contributed by atoms with Crippen LogP contribution in [0.5, 0.6) is 0 Å². The lowest BCUT2D eigenvalue weighted by Gasteiger charge is -2.18. The summed E-state index contributed by atoms with van der Waals surface area (Å²) in [5, 5.41) is 0. The molecule has 0 radical (unpaired) electrons. The second-order valence-corrected chi connectivity index (χ2v) is 22.5. The van der Waals surface area contributed by atoms with E-state index >= 15 is 0 Å². The van der Waals surface area contributed by atoms with E-state index in [4.69, 9.17) is 14.2 Å². The summed E-state index contributed by atoms with van der Waals surface area (Å²) in [6.45, 7) is 9.09. The second kappa shape index (κ2) is 58.3. The van der Waals surface area contributed by atoms with Crippen LogP contribution in [0.2, 0.25) is 0 Å². The van der Waals surface area contributed by atoms with Gasteiger partial charge in [0, 0.05) is 19.3 Å². The molecule has 416 valence electrons. The van der Waals surface area contributed by atoms with Gasteiger partial charge in [0.05, 0.1) is 0 Å². The quantitative estimate of drug-likeness (QED) is 0.0343. The van der Waals surface area contributed by atoms with E-state index in [1.807, 2.05) is 0 Å². The molecular weight excluding hydrogens is 865 g/mol. The molecule has 0 unspecified atom stereocenters. The van der Waals surface area contributed by atoms with Gasteiger partial charge in [-0.1, -0.05) is 329 Å².